The summed E-state index contributed by atoms with van der Waals surface area (Å²) in [5, 5.41) is 16.8. The molecule has 3 aromatic rings. The molecule has 0 aliphatic carbocycles. The van der Waals surface area contributed by atoms with E-state index in [1.165, 1.54) is 18.3 Å². The summed E-state index contributed by atoms with van der Waals surface area (Å²) in [5.74, 6) is 0.0314. The standard InChI is InChI=1S/C28H31FN8O2/c1-6-39-21-13-22(26-20(14-30)15-33-37(26)17-21)19(3)32-16-24(31-5)36-11-9-28(4,10-12-36)35-27(38)25-23(29)8-7-18(2)34-25/h7-8,13,15-17H,5-6,9-12H2,1-4H3,(H,35,38)/b24-16+,32-19?. The molecule has 10 nitrogen and oxygen atoms in total. The van der Waals surface area contributed by atoms with Gasteiger partial charge in [-0.2, -0.15) is 10.4 Å². The van der Waals surface area contributed by atoms with Crippen LogP contribution in [0.3, 0.4) is 0 Å². The van der Waals surface area contributed by atoms with Crippen LogP contribution >= 0.6 is 0 Å². The van der Waals surface area contributed by atoms with Crippen molar-refractivity contribution in [2.45, 2.75) is 46.1 Å². The van der Waals surface area contributed by atoms with E-state index in [0.717, 1.165) is 5.56 Å². The Labute approximate surface area is 226 Å². The third-order valence-electron chi connectivity index (χ3n) is 6.75. The number of pyridine rings is 2. The van der Waals surface area contributed by atoms with Crippen molar-refractivity contribution in [2.24, 2.45) is 9.98 Å². The van der Waals surface area contributed by atoms with Crippen LogP contribution in [-0.4, -0.2) is 63.1 Å². The van der Waals surface area contributed by atoms with Crippen molar-refractivity contribution in [1.29, 1.82) is 5.26 Å². The van der Waals surface area contributed by atoms with Gasteiger partial charge in [0.2, 0.25) is 0 Å². The number of nitriles is 1. The summed E-state index contributed by atoms with van der Waals surface area (Å²) in [5.41, 5.74) is 2.31. The number of amides is 1. The zero-order valence-electron chi connectivity index (χ0n) is 22.5. The Bertz CT molecular complexity index is 1510. The van der Waals surface area contributed by atoms with Crippen molar-refractivity contribution < 1.29 is 13.9 Å². The number of likely N-dealkylation sites (tertiary alicyclic amines) is 1. The second-order valence-corrected chi connectivity index (χ2v) is 9.63. The minimum atomic E-state index is -0.643. The number of halogens is 1. The number of nitrogens with zero attached hydrogens (tertiary/aromatic N) is 7. The average molecular weight is 531 g/mol. The largest absolute Gasteiger partial charge is 0.492 e. The van der Waals surface area contributed by atoms with E-state index in [1.54, 1.807) is 23.8 Å². The van der Waals surface area contributed by atoms with Gasteiger partial charge in [0, 0.05) is 35.6 Å². The van der Waals surface area contributed by atoms with Crippen LogP contribution in [0.4, 0.5) is 4.39 Å². The van der Waals surface area contributed by atoms with Gasteiger partial charge < -0.3 is 15.0 Å². The third kappa shape index (κ3) is 5.95. The molecule has 0 saturated carbocycles. The fourth-order valence-electron chi connectivity index (χ4n) is 4.53. The van der Waals surface area contributed by atoms with Gasteiger partial charge in [0.1, 0.15) is 17.6 Å². The molecule has 1 saturated heterocycles. The Kier molecular flexibility index (Phi) is 8.04. The average Bonchev–Trinajstić information content (AvgIpc) is 3.34. The first kappa shape index (κ1) is 27.4. The molecule has 0 unspecified atom stereocenters. The number of rotatable bonds is 8. The van der Waals surface area contributed by atoms with Crippen LogP contribution in [0.15, 0.2) is 52.6 Å². The molecule has 0 aromatic carbocycles. The van der Waals surface area contributed by atoms with Gasteiger partial charge in [-0.25, -0.2) is 18.9 Å². The molecule has 3 aromatic heterocycles. The van der Waals surface area contributed by atoms with Crippen LogP contribution in [0.25, 0.3) is 5.52 Å². The van der Waals surface area contributed by atoms with Gasteiger partial charge in [0.05, 0.1) is 36.3 Å². The first-order valence-corrected chi connectivity index (χ1v) is 12.6. The third-order valence-corrected chi connectivity index (χ3v) is 6.75. The lowest BCUT2D eigenvalue weighted by Crippen LogP contribution is -2.53. The first-order valence-electron chi connectivity index (χ1n) is 12.6. The van der Waals surface area contributed by atoms with E-state index in [-0.39, 0.29) is 5.69 Å². The Morgan fingerprint density at radius 1 is 1.38 bits per heavy atom. The van der Waals surface area contributed by atoms with Gasteiger partial charge >= 0.3 is 0 Å². The monoisotopic (exact) mass is 530 g/mol. The summed E-state index contributed by atoms with van der Waals surface area (Å²) in [6.07, 6.45) is 6.11. The molecule has 0 spiro atoms. The maximum atomic E-state index is 14.2. The summed E-state index contributed by atoms with van der Waals surface area (Å²) in [6, 6.07) is 6.80. The molecule has 1 aliphatic rings. The van der Waals surface area contributed by atoms with Gasteiger partial charge in [-0.05, 0) is 65.5 Å². The Hall–Kier alpha value is -4.59. The summed E-state index contributed by atoms with van der Waals surface area (Å²) in [7, 11) is 0. The summed E-state index contributed by atoms with van der Waals surface area (Å²) < 4.78 is 21.4. The molecule has 202 valence electrons. The molecule has 0 radical (unpaired) electrons. The highest BCUT2D eigenvalue weighted by Crippen LogP contribution is 2.26. The van der Waals surface area contributed by atoms with Crippen molar-refractivity contribution in [3.8, 4) is 11.8 Å². The topological polar surface area (TPSA) is 120 Å². The number of hydrogen-bond acceptors (Lipinski definition) is 8. The van der Waals surface area contributed by atoms with Crippen LogP contribution < -0.4 is 10.1 Å². The Morgan fingerprint density at radius 3 is 2.79 bits per heavy atom. The summed E-state index contributed by atoms with van der Waals surface area (Å²) in [6.45, 7) is 12.8. The highest BCUT2D eigenvalue weighted by Gasteiger charge is 2.33. The van der Waals surface area contributed by atoms with Crippen LogP contribution in [0.5, 0.6) is 5.75 Å². The Balaban J connectivity index is 1.51. The van der Waals surface area contributed by atoms with Crippen LogP contribution in [0.2, 0.25) is 0 Å². The zero-order chi connectivity index (χ0) is 28.2. The fraction of sp³-hybridized carbons (Fsp3) is 0.357. The predicted octanol–water partition coefficient (Wildman–Crippen LogP) is 4.04. The smallest absolute Gasteiger partial charge is 0.273 e. The molecular weight excluding hydrogens is 499 g/mol. The van der Waals surface area contributed by atoms with Gasteiger partial charge in [0.15, 0.2) is 11.5 Å². The quantitative estimate of drug-likeness (QED) is 0.439. The lowest BCUT2D eigenvalue weighted by molar-refractivity contribution is 0.0845. The number of piperidine rings is 1. The van der Waals surface area contributed by atoms with Crippen molar-refractivity contribution >= 4 is 23.9 Å². The van der Waals surface area contributed by atoms with Crippen LogP contribution in [-0.2, 0) is 0 Å². The second-order valence-electron chi connectivity index (χ2n) is 9.63. The normalized spacial score (nSPS) is 15.6. The van der Waals surface area contributed by atoms with E-state index in [9.17, 15) is 14.4 Å². The number of ether oxygens (including phenoxy) is 1. The lowest BCUT2D eigenvalue weighted by atomic mass is 9.89. The molecule has 1 N–H and O–H groups in total. The van der Waals surface area contributed by atoms with E-state index in [1.807, 2.05) is 31.7 Å². The number of aryl methyl sites for hydroxylation is 1. The molecule has 1 aliphatic heterocycles. The molecular formula is C28H31FN8O2. The van der Waals surface area contributed by atoms with Gasteiger partial charge in [-0.1, -0.05) is 0 Å². The molecule has 1 fully saturated rings. The molecule has 4 rings (SSSR count). The number of aliphatic imine (C=N–C) groups is 2. The van der Waals surface area contributed by atoms with E-state index in [0.29, 0.717) is 66.6 Å². The van der Waals surface area contributed by atoms with Crippen LogP contribution in [0.1, 0.15) is 60.9 Å². The SMILES string of the molecule is C=N/C(=C\N=C(C)c1cc(OCC)cn2ncc(C#N)c12)N1CCC(C)(NC(=O)c2nc(C)ccc2F)CC1. The number of hydrogen-bond donors (Lipinski definition) is 1. The molecule has 1 amide bonds. The van der Waals surface area contributed by atoms with Crippen LogP contribution in [0, 0.1) is 24.1 Å². The molecule has 0 bridgehead atoms. The lowest BCUT2D eigenvalue weighted by Gasteiger charge is -2.40. The van der Waals surface area contributed by atoms with Crippen molar-refractivity contribution in [2.75, 3.05) is 19.7 Å². The number of carbonyl (C=O) groups excluding carboxylic acids is 1. The minimum absolute atomic E-state index is 0.197. The van der Waals surface area contributed by atoms with E-state index in [2.05, 4.69) is 38.2 Å². The van der Waals surface area contributed by atoms with Gasteiger partial charge in [-0.3, -0.25) is 9.79 Å². The Morgan fingerprint density at radius 2 is 2.13 bits per heavy atom. The molecule has 11 heteroatoms. The predicted molar refractivity (Wildman–Crippen MR) is 147 cm³/mol. The molecule has 4 heterocycles. The maximum Gasteiger partial charge on any atom is 0.273 e. The number of aromatic nitrogens is 3. The number of fused-ring (bicyclic) bond motifs is 1. The number of nitrogens with one attached hydrogen (secondary N) is 1. The molecule has 39 heavy (non-hydrogen) atoms. The highest BCUT2D eigenvalue weighted by atomic mass is 19.1. The summed E-state index contributed by atoms with van der Waals surface area (Å²) in [4.78, 5) is 27.7. The number of carbonyl (C=O) groups is 1. The first-order chi connectivity index (χ1) is 18.7. The van der Waals surface area contributed by atoms with Crippen molar-refractivity contribution in [3.05, 3.63) is 70.9 Å². The highest BCUT2D eigenvalue weighted by molar-refractivity contribution is 6.06. The van der Waals surface area contributed by atoms with E-state index < -0.39 is 17.3 Å². The van der Waals surface area contributed by atoms with Crippen molar-refractivity contribution in [3.63, 3.8) is 0 Å². The van der Waals surface area contributed by atoms with Gasteiger partial charge in [-0.15, -0.1) is 0 Å². The zero-order valence-corrected chi connectivity index (χ0v) is 22.5. The minimum Gasteiger partial charge on any atom is -0.492 e. The van der Waals surface area contributed by atoms with E-state index in [4.69, 9.17) is 4.74 Å². The second kappa shape index (κ2) is 11.4. The van der Waals surface area contributed by atoms with E-state index >= 15 is 0 Å². The van der Waals surface area contributed by atoms with Crippen molar-refractivity contribution in [1.82, 2.24) is 24.8 Å². The summed E-state index contributed by atoms with van der Waals surface area (Å²) >= 11 is 0. The maximum absolute atomic E-state index is 14.2. The molecule has 0 atom stereocenters. The fourth-order valence-corrected chi connectivity index (χ4v) is 4.53. The van der Waals surface area contributed by atoms with Gasteiger partial charge in [0.25, 0.3) is 5.91 Å².